The second-order valence-electron chi connectivity index (χ2n) is 4.40. The summed E-state index contributed by atoms with van der Waals surface area (Å²) in [5.41, 5.74) is 0. The lowest BCUT2D eigenvalue weighted by Gasteiger charge is -2.12. The Morgan fingerprint density at radius 3 is 2.33 bits per heavy atom. The van der Waals surface area contributed by atoms with Crippen LogP contribution in [0.2, 0.25) is 10.0 Å². The highest BCUT2D eigenvalue weighted by Crippen LogP contribution is 2.37. The molecule has 132 valence electrons. The van der Waals surface area contributed by atoms with Gasteiger partial charge in [-0.05, 0) is 30.5 Å². The first-order valence-electron chi connectivity index (χ1n) is 6.96. The average molecular weight is 433 g/mol. The number of hydrogen-bond donors (Lipinski definition) is 0. The van der Waals surface area contributed by atoms with Crippen molar-refractivity contribution >= 4 is 58.0 Å². The van der Waals surface area contributed by atoms with E-state index in [2.05, 4.69) is 11.3 Å². The molecule has 0 radical (unpaired) electrons. The third-order valence-electron chi connectivity index (χ3n) is 2.63. The standard InChI is InChI=1S/C16H15Cl5O3/c17-5-3-7-22-6-1-2-8-24-16-13(18)10-12(11-14(16)19)23-9-4-15(20)21/h4,10-11H,1-2,6-9H2. The maximum atomic E-state index is 6.16. The Hall–Kier alpha value is -0.470. The molecule has 0 aliphatic carbocycles. The SMILES string of the molecule is ClC#CCOCCCCOc1c(Cl)cc(OCC=C(Cl)Cl)cc1Cl. The van der Waals surface area contributed by atoms with E-state index in [4.69, 9.17) is 72.2 Å². The molecular formula is C16H15Cl5O3. The Morgan fingerprint density at radius 2 is 1.71 bits per heavy atom. The van der Waals surface area contributed by atoms with E-state index in [9.17, 15) is 0 Å². The van der Waals surface area contributed by atoms with Crippen molar-refractivity contribution in [1.82, 2.24) is 0 Å². The molecule has 0 aliphatic rings. The van der Waals surface area contributed by atoms with E-state index in [0.717, 1.165) is 12.8 Å². The summed E-state index contributed by atoms with van der Waals surface area (Å²) in [6, 6.07) is 3.24. The lowest BCUT2D eigenvalue weighted by atomic mass is 10.3. The molecule has 8 heteroatoms. The molecule has 3 nitrogen and oxygen atoms in total. The van der Waals surface area contributed by atoms with Crippen molar-refractivity contribution < 1.29 is 14.2 Å². The van der Waals surface area contributed by atoms with Gasteiger partial charge in [0.05, 0.1) is 16.7 Å². The normalized spacial score (nSPS) is 9.88. The minimum atomic E-state index is 0.130. The van der Waals surface area contributed by atoms with Crippen molar-refractivity contribution in [2.45, 2.75) is 12.8 Å². The molecule has 0 atom stereocenters. The molecule has 0 fully saturated rings. The van der Waals surface area contributed by atoms with Crippen molar-refractivity contribution in [1.29, 1.82) is 0 Å². The predicted octanol–water partition coefficient (Wildman–Crippen LogP) is 6.07. The molecule has 24 heavy (non-hydrogen) atoms. The molecule has 0 aliphatic heterocycles. The smallest absolute Gasteiger partial charge is 0.156 e. The van der Waals surface area contributed by atoms with E-state index in [1.165, 1.54) is 6.08 Å². The molecule has 0 unspecified atom stereocenters. The Labute approximate surface area is 166 Å². The minimum absolute atomic E-state index is 0.130. The van der Waals surface area contributed by atoms with E-state index in [1.807, 2.05) is 0 Å². The van der Waals surface area contributed by atoms with Gasteiger partial charge < -0.3 is 14.2 Å². The van der Waals surface area contributed by atoms with Gasteiger partial charge in [-0.25, -0.2) is 0 Å². The Bertz CT molecular complexity index is 580. The van der Waals surface area contributed by atoms with Crippen LogP contribution in [0.15, 0.2) is 22.7 Å². The first-order valence-corrected chi connectivity index (χ1v) is 8.85. The Balaban J connectivity index is 2.39. The van der Waals surface area contributed by atoms with Crippen LogP contribution >= 0.6 is 58.0 Å². The summed E-state index contributed by atoms with van der Waals surface area (Å²) in [6.07, 6.45) is 3.13. The summed E-state index contributed by atoms with van der Waals surface area (Å²) in [5, 5.41) is 2.98. The number of rotatable bonds is 10. The summed E-state index contributed by atoms with van der Waals surface area (Å²) in [7, 11) is 0. The molecule has 1 rings (SSSR count). The van der Waals surface area contributed by atoms with Crippen LogP contribution < -0.4 is 9.47 Å². The van der Waals surface area contributed by atoms with Crippen molar-refractivity contribution in [3.63, 3.8) is 0 Å². The zero-order valence-electron chi connectivity index (χ0n) is 12.6. The van der Waals surface area contributed by atoms with Gasteiger partial charge in [0.1, 0.15) is 23.5 Å². The molecular weight excluding hydrogens is 417 g/mol. The number of ether oxygens (including phenoxy) is 3. The van der Waals surface area contributed by atoms with Crippen molar-refractivity contribution in [3.05, 3.63) is 32.7 Å². The Kier molecular flexibility index (Phi) is 11.5. The number of unbranched alkanes of at least 4 members (excludes halogenated alkanes) is 1. The largest absolute Gasteiger partial charge is 0.490 e. The quantitative estimate of drug-likeness (QED) is 0.332. The topological polar surface area (TPSA) is 27.7 Å². The van der Waals surface area contributed by atoms with E-state index >= 15 is 0 Å². The van der Waals surface area contributed by atoms with Crippen LogP contribution in [0.25, 0.3) is 0 Å². The number of benzene rings is 1. The lowest BCUT2D eigenvalue weighted by molar-refractivity contribution is 0.156. The van der Waals surface area contributed by atoms with Crippen LogP contribution in [0.5, 0.6) is 11.5 Å². The molecule has 0 N–H and O–H groups in total. The summed E-state index contributed by atoms with van der Waals surface area (Å²) in [6.45, 7) is 1.59. The zero-order chi connectivity index (χ0) is 17.8. The van der Waals surface area contributed by atoms with E-state index < -0.39 is 0 Å². The summed E-state index contributed by atoms with van der Waals surface area (Å²) in [4.78, 5) is 0. The number of hydrogen-bond acceptors (Lipinski definition) is 3. The minimum Gasteiger partial charge on any atom is -0.490 e. The van der Waals surface area contributed by atoms with E-state index in [0.29, 0.717) is 41.4 Å². The highest BCUT2D eigenvalue weighted by molar-refractivity contribution is 6.55. The molecule has 0 heterocycles. The fourth-order valence-corrected chi connectivity index (χ4v) is 2.35. The van der Waals surface area contributed by atoms with Gasteiger partial charge in [0.15, 0.2) is 5.75 Å². The second-order valence-corrected chi connectivity index (χ2v) is 6.41. The van der Waals surface area contributed by atoms with Crippen molar-refractivity contribution in [2.75, 3.05) is 26.4 Å². The highest BCUT2D eigenvalue weighted by atomic mass is 35.5. The van der Waals surface area contributed by atoms with Crippen LogP contribution in [0.3, 0.4) is 0 Å². The molecule has 0 spiro atoms. The van der Waals surface area contributed by atoms with Gasteiger partial charge in [0.25, 0.3) is 0 Å². The fourth-order valence-electron chi connectivity index (χ4n) is 1.59. The van der Waals surface area contributed by atoms with Crippen LogP contribution in [-0.2, 0) is 4.74 Å². The monoisotopic (exact) mass is 430 g/mol. The maximum absolute atomic E-state index is 6.16. The molecule has 1 aromatic rings. The third-order valence-corrected chi connectivity index (χ3v) is 3.63. The molecule has 0 aromatic heterocycles. The maximum Gasteiger partial charge on any atom is 0.156 e. The third kappa shape index (κ3) is 9.13. The fraction of sp³-hybridized carbons (Fsp3) is 0.375. The van der Waals surface area contributed by atoms with Gasteiger partial charge in [0.2, 0.25) is 0 Å². The highest BCUT2D eigenvalue weighted by Gasteiger charge is 2.10. The van der Waals surface area contributed by atoms with Crippen LogP contribution in [0, 0.1) is 11.3 Å². The van der Waals surface area contributed by atoms with Gasteiger partial charge in [-0.15, -0.1) is 0 Å². The molecule has 0 bridgehead atoms. The molecule has 0 amide bonds. The van der Waals surface area contributed by atoms with Gasteiger partial charge in [-0.2, -0.15) is 0 Å². The molecule has 1 aromatic carbocycles. The molecule has 0 saturated heterocycles. The first kappa shape index (κ1) is 21.6. The summed E-state index contributed by atoms with van der Waals surface area (Å²) < 4.78 is 16.4. The van der Waals surface area contributed by atoms with Gasteiger partial charge >= 0.3 is 0 Å². The van der Waals surface area contributed by atoms with Crippen molar-refractivity contribution in [2.24, 2.45) is 0 Å². The molecule has 0 saturated carbocycles. The van der Waals surface area contributed by atoms with Gasteiger partial charge in [0, 0.05) is 24.1 Å². The summed E-state index contributed by atoms with van der Waals surface area (Å²) >= 11 is 28.5. The number of halogens is 5. The predicted molar refractivity (Wildman–Crippen MR) is 101 cm³/mol. The Morgan fingerprint density at radius 1 is 1.04 bits per heavy atom. The van der Waals surface area contributed by atoms with E-state index in [1.54, 1.807) is 12.1 Å². The van der Waals surface area contributed by atoms with Crippen LogP contribution in [-0.4, -0.2) is 26.4 Å². The van der Waals surface area contributed by atoms with Crippen molar-refractivity contribution in [3.8, 4) is 22.8 Å². The summed E-state index contributed by atoms with van der Waals surface area (Å²) in [5.74, 6) is 3.52. The van der Waals surface area contributed by atoms with Crippen LogP contribution in [0.1, 0.15) is 12.8 Å². The second kappa shape index (κ2) is 12.8. The van der Waals surface area contributed by atoms with E-state index in [-0.39, 0.29) is 11.1 Å². The lowest BCUT2D eigenvalue weighted by Crippen LogP contribution is -2.02. The average Bonchev–Trinajstić information content (AvgIpc) is 2.51. The van der Waals surface area contributed by atoms with Crippen LogP contribution in [0.4, 0.5) is 0 Å². The van der Waals surface area contributed by atoms with Gasteiger partial charge in [-0.1, -0.05) is 52.3 Å². The zero-order valence-corrected chi connectivity index (χ0v) is 16.4. The van der Waals surface area contributed by atoms with Gasteiger partial charge in [-0.3, -0.25) is 0 Å². The first-order chi connectivity index (χ1) is 11.5.